The summed E-state index contributed by atoms with van der Waals surface area (Å²) in [7, 11) is 0. The van der Waals surface area contributed by atoms with Crippen molar-refractivity contribution < 1.29 is 22.8 Å². The number of likely N-dealkylation sites (tertiary alicyclic amines) is 1. The van der Waals surface area contributed by atoms with E-state index in [1.165, 1.54) is 12.4 Å². The predicted octanol–water partition coefficient (Wildman–Crippen LogP) is 3.04. The lowest BCUT2D eigenvalue weighted by molar-refractivity contribution is -0.137. The van der Waals surface area contributed by atoms with Crippen LogP contribution >= 0.6 is 0 Å². The molecule has 2 N–H and O–H groups in total. The molecule has 1 saturated carbocycles. The minimum absolute atomic E-state index is 0.0466. The summed E-state index contributed by atoms with van der Waals surface area (Å²) in [5.74, 6) is 0.0825. The number of nitrogens with one attached hydrogen (secondary N) is 2. The van der Waals surface area contributed by atoms with Crippen LogP contribution in [0.1, 0.15) is 45.1 Å². The summed E-state index contributed by atoms with van der Waals surface area (Å²) in [6.45, 7) is 5.83. The molecule has 1 aromatic heterocycles. The third-order valence-corrected chi connectivity index (χ3v) is 7.02. The number of carbonyl (C=O) groups is 2. The van der Waals surface area contributed by atoms with Crippen LogP contribution in [0.15, 0.2) is 24.5 Å². The van der Waals surface area contributed by atoms with Gasteiger partial charge in [-0.15, -0.1) is 0 Å². The fraction of sp³-hybridized carbons (Fsp3) is 0.583. The first kappa shape index (κ1) is 25.2. The third-order valence-electron chi connectivity index (χ3n) is 7.02. The molecule has 0 atom stereocenters. The summed E-state index contributed by atoms with van der Waals surface area (Å²) in [5, 5.41) is 6.03. The van der Waals surface area contributed by atoms with Crippen molar-refractivity contribution in [2.45, 2.75) is 63.8 Å². The number of halogens is 3. The fourth-order valence-electron chi connectivity index (χ4n) is 5.19. The molecule has 2 aromatic rings. The van der Waals surface area contributed by atoms with Gasteiger partial charge in [-0.05, 0) is 50.8 Å². The maximum Gasteiger partial charge on any atom is 0.416 e. The van der Waals surface area contributed by atoms with Gasteiger partial charge in [-0.3, -0.25) is 14.5 Å². The van der Waals surface area contributed by atoms with E-state index in [9.17, 15) is 22.8 Å². The minimum Gasteiger partial charge on any atom is -0.360 e. The molecule has 0 unspecified atom stereocenters. The lowest BCUT2D eigenvalue weighted by Crippen LogP contribution is -2.63. The van der Waals surface area contributed by atoms with Crippen LogP contribution in [0.3, 0.4) is 0 Å². The predicted molar refractivity (Wildman–Crippen MR) is 126 cm³/mol. The summed E-state index contributed by atoms with van der Waals surface area (Å²) < 4.78 is 39.2. The Kier molecular flexibility index (Phi) is 7.44. The summed E-state index contributed by atoms with van der Waals surface area (Å²) >= 11 is 0. The molecule has 1 aliphatic carbocycles. The summed E-state index contributed by atoms with van der Waals surface area (Å²) in [6.07, 6.45) is 0.854. The van der Waals surface area contributed by atoms with E-state index in [1.54, 1.807) is 6.92 Å². The van der Waals surface area contributed by atoms with E-state index in [4.69, 9.17) is 0 Å². The summed E-state index contributed by atoms with van der Waals surface area (Å²) in [4.78, 5) is 36.6. The number of aromatic nitrogens is 2. The molecule has 1 aromatic carbocycles. The molecule has 0 radical (unpaired) electrons. The van der Waals surface area contributed by atoms with E-state index in [1.807, 2.05) is 11.8 Å². The number of fused-ring (bicyclic) bond motifs is 1. The van der Waals surface area contributed by atoms with Gasteiger partial charge in [0.15, 0.2) is 0 Å². The first-order valence-electron chi connectivity index (χ1n) is 12.0. The zero-order chi connectivity index (χ0) is 25.2. The third kappa shape index (κ3) is 5.83. The fourth-order valence-corrected chi connectivity index (χ4v) is 5.19. The van der Waals surface area contributed by atoms with Crippen LogP contribution in [-0.2, 0) is 15.8 Å². The smallest absolute Gasteiger partial charge is 0.360 e. The van der Waals surface area contributed by atoms with Gasteiger partial charge in [-0.2, -0.15) is 13.2 Å². The molecule has 1 aliphatic heterocycles. The number of anilines is 1. The van der Waals surface area contributed by atoms with Gasteiger partial charge in [-0.25, -0.2) is 9.97 Å². The summed E-state index contributed by atoms with van der Waals surface area (Å²) in [6, 6.07) is 4.10. The number of alkyl halides is 3. The highest BCUT2D eigenvalue weighted by atomic mass is 19.4. The summed E-state index contributed by atoms with van der Waals surface area (Å²) in [5.41, 5.74) is -0.426. The van der Waals surface area contributed by atoms with Crippen LogP contribution in [-0.4, -0.2) is 75.9 Å². The van der Waals surface area contributed by atoms with Crippen molar-refractivity contribution in [1.82, 2.24) is 25.1 Å². The van der Waals surface area contributed by atoms with Crippen molar-refractivity contribution in [3.05, 3.63) is 30.1 Å². The molecular formula is C24H31F3N6O2. The lowest BCUT2D eigenvalue weighted by Gasteiger charge is -2.47. The number of rotatable bonds is 7. The van der Waals surface area contributed by atoms with Crippen molar-refractivity contribution >= 4 is 28.5 Å². The van der Waals surface area contributed by atoms with E-state index in [-0.39, 0.29) is 35.6 Å². The first-order chi connectivity index (χ1) is 16.7. The first-order valence-corrected chi connectivity index (χ1v) is 12.0. The molecule has 2 aliphatic rings. The number of nitrogens with zero attached hydrogens (tertiary/aromatic N) is 4. The Bertz CT molecular complexity index is 1060. The van der Waals surface area contributed by atoms with Crippen LogP contribution in [0.4, 0.5) is 19.0 Å². The topological polar surface area (TPSA) is 90.5 Å². The van der Waals surface area contributed by atoms with Crippen LogP contribution in [0.25, 0.3) is 10.9 Å². The Balaban J connectivity index is 1.23. The van der Waals surface area contributed by atoms with Gasteiger partial charge in [0.25, 0.3) is 0 Å². The molecule has 8 nitrogen and oxygen atoms in total. The van der Waals surface area contributed by atoms with Gasteiger partial charge in [0.1, 0.15) is 12.1 Å². The number of carbonyl (C=O) groups excluding carboxylic acids is 2. The molecular weight excluding hydrogens is 461 g/mol. The largest absolute Gasteiger partial charge is 0.416 e. The standard InChI is InChI=1S/C24H31F3N6O2/c1-3-33(15(2)34)19-7-5-18(6-8-19)32-12-17(13-32)31-22(35)11-28-23-20-10-16(24(25,26)27)4-9-21(20)29-14-30-23/h4,9-10,14,17-19H,3,5-8,11-13H2,1-2H3,(H,31,35)(H,28,29,30)/t18-,19+. The second kappa shape index (κ2) is 10.3. The highest BCUT2D eigenvalue weighted by Crippen LogP contribution is 2.32. The average molecular weight is 493 g/mol. The van der Waals surface area contributed by atoms with Gasteiger partial charge >= 0.3 is 6.18 Å². The zero-order valence-electron chi connectivity index (χ0n) is 19.9. The Morgan fingerprint density at radius 3 is 2.49 bits per heavy atom. The van der Waals surface area contributed by atoms with Crippen molar-refractivity contribution in [2.75, 3.05) is 31.5 Å². The highest BCUT2D eigenvalue weighted by molar-refractivity contribution is 5.91. The van der Waals surface area contributed by atoms with Crippen molar-refractivity contribution in [2.24, 2.45) is 0 Å². The Hall–Kier alpha value is -2.95. The maximum atomic E-state index is 13.1. The maximum absolute atomic E-state index is 13.1. The van der Waals surface area contributed by atoms with E-state index >= 15 is 0 Å². The second-order valence-corrected chi connectivity index (χ2v) is 9.29. The second-order valence-electron chi connectivity index (χ2n) is 9.29. The Labute approximate surface area is 202 Å². The van der Waals surface area contributed by atoms with Gasteiger partial charge in [0.2, 0.25) is 11.8 Å². The normalized spacial score (nSPS) is 21.4. The van der Waals surface area contributed by atoms with Crippen molar-refractivity contribution in [3.8, 4) is 0 Å². The van der Waals surface area contributed by atoms with Crippen LogP contribution in [0, 0.1) is 0 Å². The molecule has 2 heterocycles. The Morgan fingerprint density at radius 2 is 1.86 bits per heavy atom. The molecule has 0 bridgehead atoms. The molecule has 11 heteroatoms. The Morgan fingerprint density at radius 1 is 1.14 bits per heavy atom. The quantitative estimate of drug-likeness (QED) is 0.618. The lowest BCUT2D eigenvalue weighted by atomic mass is 9.87. The molecule has 0 spiro atoms. The van der Waals surface area contributed by atoms with Gasteiger partial charge in [-0.1, -0.05) is 0 Å². The van der Waals surface area contributed by atoms with Crippen LogP contribution in [0.2, 0.25) is 0 Å². The van der Waals surface area contributed by atoms with E-state index in [2.05, 4.69) is 25.5 Å². The number of hydrogen-bond acceptors (Lipinski definition) is 6. The molecule has 4 rings (SSSR count). The van der Waals surface area contributed by atoms with Gasteiger partial charge in [0, 0.05) is 44.0 Å². The van der Waals surface area contributed by atoms with Crippen LogP contribution < -0.4 is 10.6 Å². The highest BCUT2D eigenvalue weighted by Gasteiger charge is 2.36. The number of hydrogen-bond donors (Lipinski definition) is 2. The molecule has 190 valence electrons. The molecule has 35 heavy (non-hydrogen) atoms. The van der Waals surface area contributed by atoms with Crippen molar-refractivity contribution in [1.29, 1.82) is 0 Å². The van der Waals surface area contributed by atoms with E-state index in [0.717, 1.165) is 57.5 Å². The minimum atomic E-state index is -4.48. The zero-order valence-corrected chi connectivity index (χ0v) is 19.9. The molecule has 1 saturated heterocycles. The SMILES string of the molecule is CCN(C(C)=O)[C@H]1CC[C@@H](N2CC(NC(=O)CNc3ncnc4ccc(C(F)(F)F)cc34)C2)CC1. The monoisotopic (exact) mass is 492 g/mol. The average Bonchev–Trinajstić information content (AvgIpc) is 2.79. The molecule has 2 fully saturated rings. The number of amides is 2. The van der Waals surface area contributed by atoms with Gasteiger partial charge in [0.05, 0.1) is 23.7 Å². The van der Waals surface area contributed by atoms with Crippen LogP contribution in [0.5, 0.6) is 0 Å². The molecule has 2 amide bonds. The van der Waals surface area contributed by atoms with Gasteiger partial charge < -0.3 is 15.5 Å². The number of benzene rings is 1. The van der Waals surface area contributed by atoms with E-state index < -0.39 is 11.7 Å². The van der Waals surface area contributed by atoms with Crippen molar-refractivity contribution in [3.63, 3.8) is 0 Å². The van der Waals surface area contributed by atoms with E-state index in [0.29, 0.717) is 17.6 Å².